The molecule has 0 atom stereocenters. The smallest absolute Gasteiger partial charge is 0.321 e. The molecule has 0 saturated heterocycles. The number of fused-ring (bicyclic) bond motifs is 1. The maximum atomic E-state index is 11.6. The topological polar surface area (TPSA) is 106 Å². The second-order valence-corrected chi connectivity index (χ2v) is 7.10. The van der Waals surface area contributed by atoms with Crippen LogP contribution < -0.4 is 11.4 Å². The molecule has 0 spiro atoms. The lowest BCUT2D eigenvalue weighted by atomic mass is 9.96. The Kier molecular flexibility index (Phi) is 2.62. The predicted octanol–water partition coefficient (Wildman–Crippen LogP) is -0.565. The number of nitrogens with zero attached hydrogens (tertiary/aromatic N) is 1. The van der Waals surface area contributed by atoms with Crippen LogP contribution in [0.5, 0.6) is 0 Å². The van der Waals surface area contributed by atoms with Crippen LogP contribution in [0.3, 0.4) is 0 Å². The van der Waals surface area contributed by atoms with Gasteiger partial charge in [-0.1, -0.05) is 0 Å². The van der Waals surface area contributed by atoms with Gasteiger partial charge in [0, 0.05) is 17.7 Å². The molecular weight excluding hydrogens is 242 g/mol. The van der Waals surface area contributed by atoms with Crippen molar-refractivity contribution in [1.82, 2.24) is 9.97 Å². The number of nitrogens with two attached hydrogens (primary N) is 1. The van der Waals surface area contributed by atoms with Crippen LogP contribution in [-0.4, -0.2) is 24.1 Å². The summed E-state index contributed by atoms with van der Waals surface area (Å²) in [7, 11) is -3.11. The third-order valence-electron chi connectivity index (χ3n) is 2.76. The first-order valence-electron chi connectivity index (χ1n) is 5.31. The van der Waals surface area contributed by atoms with E-state index in [-0.39, 0.29) is 11.5 Å². The fourth-order valence-corrected chi connectivity index (χ4v) is 3.41. The summed E-state index contributed by atoms with van der Waals surface area (Å²) in [5, 5.41) is 0. The monoisotopic (exact) mass is 257 g/mol. The third kappa shape index (κ3) is 2.39. The zero-order valence-electron chi connectivity index (χ0n) is 9.78. The summed E-state index contributed by atoms with van der Waals surface area (Å²) in [6.07, 6.45) is 0.318. The van der Waals surface area contributed by atoms with Gasteiger partial charge in [-0.3, -0.25) is 0 Å². The van der Waals surface area contributed by atoms with Crippen molar-refractivity contribution < 1.29 is 8.42 Å². The Morgan fingerprint density at radius 2 is 2.06 bits per heavy atom. The van der Waals surface area contributed by atoms with E-state index in [1.165, 1.54) is 0 Å². The molecule has 6 nitrogen and oxygen atoms in total. The van der Waals surface area contributed by atoms with Gasteiger partial charge < -0.3 is 10.7 Å². The van der Waals surface area contributed by atoms with Crippen molar-refractivity contribution in [3.63, 3.8) is 0 Å². The van der Waals surface area contributed by atoms with Crippen LogP contribution in [0.15, 0.2) is 4.79 Å². The minimum absolute atomic E-state index is 0.0599. The molecule has 0 aliphatic carbocycles. The molecular formula is C10H15N3O3S. The molecule has 1 aliphatic heterocycles. The van der Waals surface area contributed by atoms with Crippen LogP contribution in [-0.2, 0) is 27.5 Å². The van der Waals surface area contributed by atoms with Crippen molar-refractivity contribution in [3.05, 3.63) is 27.4 Å². The third-order valence-corrected chi connectivity index (χ3v) is 4.31. The van der Waals surface area contributed by atoms with Gasteiger partial charge in [0.05, 0.1) is 22.7 Å². The Bertz CT molecular complexity index is 611. The Hall–Kier alpha value is -1.21. The van der Waals surface area contributed by atoms with Gasteiger partial charge in [0.1, 0.15) is 0 Å². The summed E-state index contributed by atoms with van der Waals surface area (Å²) < 4.78 is 23.2. The van der Waals surface area contributed by atoms with Crippen molar-refractivity contribution in [2.24, 2.45) is 5.73 Å². The van der Waals surface area contributed by atoms with Crippen LogP contribution in [0.25, 0.3) is 0 Å². The quantitative estimate of drug-likeness (QED) is 0.701. The Morgan fingerprint density at radius 1 is 1.41 bits per heavy atom. The highest BCUT2D eigenvalue weighted by Crippen LogP contribution is 2.25. The summed E-state index contributed by atoms with van der Waals surface area (Å²) in [6.45, 7) is 3.41. The van der Waals surface area contributed by atoms with Gasteiger partial charge in [-0.05, 0) is 13.8 Å². The second-order valence-electron chi connectivity index (χ2n) is 4.91. The molecule has 2 rings (SSSR count). The zero-order valence-corrected chi connectivity index (χ0v) is 10.6. The number of nitrogens with one attached hydrogen (secondary N) is 1. The first kappa shape index (κ1) is 12.3. The highest BCUT2D eigenvalue weighted by Gasteiger charge is 2.30. The lowest BCUT2D eigenvalue weighted by molar-refractivity contribution is 0.520. The molecule has 0 saturated carbocycles. The summed E-state index contributed by atoms with van der Waals surface area (Å²) >= 11 is 0. The summed E-state index contributed by atoms with van der Waals surface area (Å²) in [5.74, 6) is -0.0352. The molecule has 3 N–H and O–H groups in total. The standard InChI is InChI=1S/C10H15N3O3S/c1-10(2,11)8-6-5-17(15,16)4-3-7(6)12-9(14)13-8/h3-5,11H2,1-2H3,(H,12,13,14). The Morgan fingerprint density at radius 3 is 2.65 bits per heavy atom. The van der Waals surface area contributed by atoms with E-state index in [0.29, 0.717) is 23.4 Å². The minimum Gasteiger partial charge on any atom is -0.321 e. The molecule has 0 unspecified atom stereocenters. The van der Waals surface area contributed by atoms with E-state index in [2.05, 4.69) is 9.97 Å². The fraction of sp³-hybridized carbons (Fsp3) is 0.600. The average Bonchev–Trinajstić information content (AvgIpc) is 2.15. The molecule has 1 aromatic heterocycles. The van der Waals surface area contributed by atoms with E-state index >= 15 is 0 Å². The first-order chi connectivity index (χ1) is 7.69. The lowest BCUT2D eigenvalue weighted by Gasteiger charge is -2.25. The number of rotatable bonds is 1. The molecule has 7 heteroatoms. The van der Waals surface area contributed by atoms with Crippen molar-refractivity contribution in [3.8, 4) is 0 Å². The molecule has 94 valence electrons. The van der Waals surface area contributed by atoms with Gasteiger partial charge in [0.2, 0.25) is 0 Å². The van der Waals surface area contributed by atoms with Gasteiger partial charge >= 0.3 is 5.69 Å². The number of hydrogen-bond donors (Lipinski definition) is 2. The van der Waals surface area contributed by atoms with Gasteiger partial charge in [-0.2, -0.15) is 4.98 Å². The minimum atomic E-state index is -3.11. The molecule has 1 aliphatic rings. The highest BCUT2D eigenvalue weighted by atomic mass is 32.2. The molecule has 0 aromatic carbocycles. The van der Waals surface area contributed by atoms with Crippen molar-refractivity contribution in [1.29, 1.82) is 0 Å². The number of hydrogen-bond acceptors (Lipinski definition) is 5. The second kappa shape index (κ2) is 3.64. The van der Waals surface area contributed by atoms with Gasteiger partial charge in [0.15, 0.2) is 9.84 Å². The van der Waals surface area contributed by atoms with Crippen LogP contribution in [0.4, 0.5) is 0 Å². The zero-order chi connectivity index (χ0) is 12.8. The van der Waals surface area contributed by atoms with E-state index in [1.54, 1.807) is 13.8 Å². The summed E-state index contributed by atoms with van der Waals surface area (Å²) in [4.78, 5) is 17.8. The van der Waals surface area contributed by atoms with Crippen molar-refractivity contribution in [2.45, 2.75) is 31.6 Å². The van der Waals surface area contributed by atoms with Crippen LogP contribution >= 0.6 is 0 Å². The lowest BCUT2D eigenvalue weighted by Crippen LogP contribution is -2.37. The van der Waals surface area contributed by atoms with E-state index in [4.69, 9.17) is 5.73 Å². The normalized spacial score (nSPS) is 18.8. The van der Waals surface area contributed by atoms with Crippen LogP contribution in [0.1, 0.15) is 30.8 Å². The number of H-pyrrole nitrogens is 1. The maximum Gasteiger partial charge on any atom is 0.345 e. The molecule has 0 bridgehead atoms. The number of aryl methyl sites for hydroxylation is 1. The number of sulfone groups is 1. The van der Waals surface area contributed by atoms with Crippen molar-refractivity contribution >= 4 is 9.84 Å². The SMILES string of the molecule is CC(C)(N)c1nc(=O)[nH]c2c1CS(=O)(=O)CC2. The number of aromatic nitrogens is 2. The molecule has 0 radical (unpaired) electrons. The predicted molar refractivity (Wildman–Crippen MR) is 63.3 cm³/mol. The molecule has 0 fully saturated rings. The van der Waals surface area contributed by atoms with E-state index < -0.39 is 21.1 Å². The maximum absolute atomic E-state index is 11.6. The van der Waals surface area contributed by atoms with E-state index in [0.717, 1.165) is 0 Å². The van der Waals surface area contributed by atoms with Gasteiger partial charge in [0.25, 0.3) is 0 Å². The number of aromatic amines is 1. The molecule has 1 aromatic rings. The average molecular weight is 257 g/mol. The van der Waals surface area contributed by atoms with Gasteiger partial charge in [-0.25, -0.2) is 13.2 Å². The largest absolute Gasteiger partial charge is 0.345 e. The van der Waals surface area contributed by atoms with Crippen LogP contribution in [0, 0.1) is 0 Å². The fourth-order valence-electron chi connectivity index (χ4n) is 2.00. The van der Waals surface area contributed by atoms with E-state index in [9.17, 15) is 13.2 Å². The Balaban J connectivity index is 2.70. The first-order valence-corrected chi connectivity index (χ1v) is 7.13. The highest BCUT2D eigenvalue weighted by molar-refractivity contribution is 7.90. The Labute approximate surface area is 99.2 Å². The van der Waals surface area contributed by atoms with Crippen molar-refractivity contribution in [2.75, 3.05) is 5.75 Å². The summed E-state index contributed by atoms with van der Waals surface area (Å²) in [6, 6.07) is 0. The molecule has 0 amide bonds. The van der Waals surface area contributed by atoms with E-state index in [1.807, 2.05) is 0 Å². The molecule has 17 heavy (non-hydrogen) atoms. The molecule has 2 heterocycles. The van der Waals surface area contributed by atoms with Gasteiger partial charge in [-0.15, -0.1) is 0 Å². The van der Waals surface area contributed by atoms with Crippen LogP contribution in [0.2, 0.25) is 0 Å². The summed E-state index contributed by atoms with van der Waals surface area (Å²) in [5.41, 5.74) is 6.20.